The van der Waals surface area contributed by atoms with Crippen LogP contribution in [-0.4, -0.2) is 27.0 Å². The molecule has 0 radical (unpaired) electrons. The summed E-state index contributed by atoms with van der Waals surface area (Å²) >= 11 is 0. The Morgan fingerprint density at radius 3 is 1.87 bits per heavy atom. The monoisotopic (exact) mass is 545 g/mol. The van der Waals surface area contributed by atoms with Crippen LogP contribution in [0.3, 0.4) is 0 Å². The first-order chi connectivity index (χ1) is 18.9. The van der Waals surface area contributed by atoms with Crippen LogP contribution in [0.2, 0.25) is 0 Å². The van der Waals surface area contributed by atoms with E-state index in [1.165, 1.54) is 24.3 Å². The van der Waals surface area contributed by atoms with Crippen LogP contribution >= 0.6 is 0 Å². The number of esters is 1. The first kappa shape index (κ1) is 27.4. The van der Waals surface area contributed by atoms with Crippen molar-refractivity contribution < 1.29 is 31.7 Å². The van der Waals surface area contributed by atoms with Crippen molar-refractivity contribution in [3.8, 4) is 5.75 Å². The average molecular weight is 546 g/mol. The molecule has 0 aromatic heterocycles. The first-order valence-corrected chi connectivity index (χ1v) is 13.6. The maximum atomic E-state index is 13.2. The minimum atomic E-state index is -4.09. The van der Waals surface area contributed by atoms with Gasteiger partial charge in [0.05, 0.1) is 5.92 Å². The van der Waals surface area contributed by atoms with Gasteiger partial charge in [-0.2, -0.15) is 8.42 Å². The van der Waals surface area contributed by atoms with Gasteiger partial charge < -0.3 is 19.0 Å². The highest BCUT2D eigenvalue weighted by Crippen LogP contribution is 2.25. The van der Waals surface area contributed by atoms with E-state index in [1.54, 1.807) is 30.3 Å². The number of alkyl carbamates (subject to hydrolysis) is 1. The standard InChI is InChI=1S/C30H27NO7S/c32-29(36-21-23-11-4-1-5-12-23)28(20-31-30(33)37-22-24-13-6-2-7-14-24)25-15-10-16-26(19-25)38-39(34,35)27-17-8-3-9-18-27/h1-19,28H,20-22H2,(H,31,33). The summed E-state index contributed by atoms with van der Waals surface area (Å²) in [4.78, 5) is 25.5. The first-order valence-electron chi connectivity index (χ1n) is 12.2. The molecule has 0 heterocycles. The summed E-state index contributed by atoms with van der Waals surface area (Å²) in [5, 5.41) is 2.60. The number of amides is 1. The molecule has 0 aliphatic rings. The molecule has 1 N–H and O–H groups in total. The molecule has 1 amide bonds. The molecule has 8 nitrogen and oxygen atoms in total. The average Bonchev–Trinajstić information content (AvgIpc) is 2.96. The van der Waals surface area contributed by atoms with Crippen molar-refractivity contribution in [2.24, 2.45) is 0 Å². The number of carbonyl (C=O) groups excluding carboxylic acids is 2. The zero-order valence-electron chi connectivity index (χ0n) is 20.9. The topological polar surface area (TPSA) is 108 Å². The molecule has 1 atom stereocenters. The summed E-state index contributed by atoms with van der Waals surface area (Å²) < 4.78 is 41.5. The predicted molar refractivity (Wildman–Crippen MR) is 144 cm³/mol. The van der Waals surface area contributed by atoms with Crippen molar-refractivity contribution in [3.05, 3.63) is 132 Å². The van der Waals surface area contributed by atoms with Crippen LogP contribution in [0.15, 0.2) is 120 Å². The van der Waals surface area contributed by atoms with Crippen LogP contribution in [0.25, 0.3) is 0 Å². The van der Waals surface area contributed by atoms with Gasteiger partial charge in [0.2, 0.25) is 0 Å². The second-order valence-electron chi connectivity index (χ2n) is 8.51. The van der Waals surface area contributed by atoms with Gasteiger partial charge in [-0.15, -0.1) is 0 Å². The summed E-state index contributed by atoms with van der Waals surface area (Å²) in [5.41, 5.74) is 2.01. The Morgan fingerprint density at radius 2 is 1.26 bits per heavy atom. The van der Waals surface area contributed by atoms with Gasteiger partial charge in [0.25, 0.3) is 0 Å². The van der Waals surface area contributed by atoms with E-state index in [0.717, 1.165) is 11.1 Å². The van der Waals surface area contributed by atoms with E-state index in [0.29, 0.717) is 5.56 Å². The number of hydrogen-bond acceptors (Lipinski definition) is 7. The molecule has 1 unspecified atom stereocenters. The lowest BCUT2D eigenvalue weighted by atomic mass is 9.99. The molecular formula is C30H27NO7S. The van der Waals surface area contributed by atoms with E-state index in [9.17, 15) is 18.0 Å². The third-order valence-corrected chi connectivity index (χ3v) is 6.93. The number of rotatable bonds is 11. The predicted octanol–water partition coefficient (Wildman–Crippen LogP) is 5.21. The van der Waals surface area contributed by atoms with Crippen LogP contribution in [0.4, 0.5) is 4.79 Å². The van der Waals surface area contributed by atoms with E-state index in [4.69, 9.17) is 13.7 Å². The summed E-state index contributed by atoms with van der Waals surface area (Å²) in [6.45, 7) is -0.0419. The molecule has 4 aromatic rings. The molecule has 9 heteroatoms. The Hall–Kier alpha value is -4.63. The van der Waals surface area contributed by atoms with E-state index in [1.807, 2.05) is 60.7 Å². The fourth-order valence-corrected chi connectivity index (χ4v) is 4.61. The van der Waals surface area contributed by atoms with Crippen LogP contribution in [-0.2, 0) is 37.6 Å². The van der Waals surface area contributed by atoms with Gasteiger partial charge in [0, 0.05) is 6.54 Å². The molecule has 39 heavy (non-hydrogen) atoms. The second-order valence-corrected chi connectivity index (χ2v) is 10.1. The minimum Gasteiger partial charge on any atom is -0.460 e. The van der Waals surface area contributed by atoms with Gasteiger partial charge in [-0.25, -0.2) is 4.79 Å². The van der Waals surface area contributed by atoms with Crippen molar-refractivity contribution in [2.75, 3.05) is 6.54 Å². The number of benzene rings is 4. The zero-order chi connectivity index (χ0) is 27.5. The van der Waals surface area contributed by atoms with Crippen LogP contribution in [0.5, 0.6) is 5.75 Å². The maximum absolute atomic E-state index is 13.2. The Labute approximate surface area is 227 Å². The van der Waals surface area contributed by atoms with Crippen molar-refractivity contribution >= 4 is 22.2 Å². The third kappa shape index (κ3) is 8.18. The molecule has 4 rings (SSSR count). The van der Waals surface area contributed by atoms with Crippen LogP contribution in [0, 0.1) is 0 Å². The number of nitrogens with one attached hydrogen (secondary N) is 1. The van der Waals surface area contributed by atoms with Crippen molar-refractivity contribution in [1.82, 2.24) is 5.32 Å². The van der Waals surface area contributed by atoms with Gasteiger partial charge in [-0.05, 0) is 41.0 Å². The van der Waals surface area contributed by atoms with Crippen LogP contribution in [0.1, 0.15) is 22.6 Å². The summed E-state index contributed by atoms with van der Waals surface area (Å²) in [6.07, 6.45) is -0.709. The maximum Gasteiger partial charge on any atom is 0.407 e. The molecule has 200 valence electrons. The lowest BCUT2D eigenvalue weighted by molar-refractivity contribution is -0.146. The summed E-state index contributed by atoms with van der Waals surface area (Å²) in [6, 6.07) is 32.2. The molecule has 0 saturated heterocycles. The van der Waals surface area contributed by atoms with Gasteiger partial charge in [0.1, 0.15) is 23.9 Å². The molecule has 0 aliphatic carbocycles. The Balaban J connectivity index is 1.48. The van der Waals surface area contributed by atoms with E-state index >= 15 is 0 Å². The molecular weight excluding hydrogens is 518 g/mol. The highest BCUT2D eigenvalue weighted by atomic mass is 32.2. The fraction of sp³-hybridized carbons (Fsp3) is 0.133. The quantitative estimate of drug-likeness (QED) is 0.204. The fourth-order valence-electron chi connectivity index (χ4n) is 3.67. The second kappa shape index (κ2) is 13.3. The zero-order valence-corrected chi connectivity index (χ0v) is 21.8. The highest BCUT2D eigenvalue weighted by molar-refractivity contribution is 7.87. The smallest absolute Gasteiger partial charge is 0.407 e. The Bertz CT molecular complexity index is 1480. The third-order valence-electron chi connectivity index (χ3n) is 5.67. The molecule has 0 fully saturated rings. The van der Waals surface area contributed by atoms with Crippen molar-refractivity contribution in [2.45, 2.75) is 24.0 Å². The molecule has 0 bridgehead atoms. The summed E-state index contributed by atoms with van der Waals surface area (Å²) in [7, 11) is -4.09. The van der Waals surface area contributed by atoms with Gasteiger partial charge in [-0.1, -0.05) is 91.0 Å². The van der Waals surface area contributed by atoms with Crippen molar-refractivity contribution in [3.63, 3.8) is 0 Å². The summed E-state index contributed by atoms with van der Waals surface area (Å²) in [5.74, 6) is -1.55. The molecule has 4 aromatic carbocycles. The van der Waals surface area contributed by atoms with E-state index in [2.05, 4.69) is 5.32 Å². The van der Waals surface area contributed by atoms with Crippen molar-refractivity contribution in [1.29, 1.82) is 0 Å². The number of carbonyl (C=O) groups is 2. The molecule has 0 spiro atoms. The van der Waals surface area contributed by atoms with Gasteiger partial charge in [0.15, 0.2) is 0 Å². The molecule has 0 aliphatic heterocycles. The lowest BCUT2D eigenvalue weighted by Crippen LogP contribution is -2.33. The van der Waals surface area contributed by atoms with Crippen LogP contribution < -0.4 is 9.50 Å². The SMILES string of the molecule is O=C(NCC(C(=O)OCc1ccccc1)c1cccc(OS(=O)(=O)c2ccccc2)c1)OCc1ccccc1. The minimum absolute atomic E-state index is 0.00273. The molecule has 0 saturated carbocycles. The number of ether oxygens (including phenoxy) is 2. The number of hydrogen-bond donors (Lipinski definition) is 1. The van der Waals surface area contributed by atoms with E-state index in [-0.39, 0.29) is 30.4 Å². The normalized spacial score (nSPS) is 11.7. The Kier molecular flexibility index (Phi) is 9.31. The van der Waals surface area contributed by atoms with Gasteiger partial charge in [-0.3, -0.25) is 4.79 Å². The lowest BCUT2D eigenvalue weighted by Gasteiger charge is -2.18. The van der Waals surface area contributed by atoms with Gasteiger partial charge >= 0.3 is 22.2 Å². The largest absolute Gasteiger partial charge is 0.460 e. The van der Waals surface area contributed by atoms with E-state index < -0.39 is 28.1 Å². The highest BCUT2D eigenvalue weighted by Gasteiger charge is 2.25. The Morgan fingerprint density at radius 1 is 0.692 bits per heavy atom.